The first kappa shape index (κ1) is 15.7. The molecule has 1 heterocycles. The molecule has 0 spiro atoms. The highest BCUT2D eigenvalue weighted by Crippen LogP contribution is 2.35. The molecule has 0 radical (unpaired) electrons. The van der Waals surface area contributed by atoms with E-state index in [1.807, 2.05) is 0 Å². The number of rotatable bonds is 2. The summed E-state index contributed by atoms with van der Waals surface area (Å²) in [6.45, 7) is 2.90. The van der Waals surface area contributed by atoms with Crippen molar-refractivity contribution < 1.29 is 13.2 Å². The number of amidine groups is 1. The van der Waals surface area contributed by atoms with Gasteiger partial charge in [0, 0.05) is 23.8 Å². The van der Waals surface area contributed by atoms with Gasteiger partial charge in [0.15, 0.2) is 0 Å². The fourth-order valence-electron chi connectivity index (χ4n) is 2.84. The molecule has 1 aliphatic heterocycles. The molecule has 1 atom stereocenters. The smallest absolute Gasteiger partial charge is 0.384 e. The molecule has 1 unspecified atom stereocenters. The fraction of sp³-hybridized carbons (Fsp3) is 0.533. The average Bonchev–Trinajstić information content (AvgIpc) is 2.61. The third-order valence-corrected chi connectivity index (χ3v) is 3.98. The molecule has 6 heteroatoms. The van der Waals surface area contributed by atoms with Crippen molar-refractivity contribution in [2.75, 3.05) is 11.4 Å². The second-order valence-electron chi connectivity index (χ2n) is 5.53. The van der Waals surface area contributed by atoms with Crippen LogP contribution in [-0.4, -0.2) is 18.4 Å². The van der Waals surface area contributed by atoms with Gasteiger partial charge >= 0.3 is 6.18 Å². The molecule has 0 saturated carbocycles. The summed E-state index contributed by atoms with van der Waals surface area (Å²) < 4.78 is 38.9. The Bertz CT molecular complexity index is 525. The Morgan fingerprint density at radius 1 is 1.29 bits per heavy atom. The first-order valence-corrected chi connectivity index (χ1v) is 7.13. The van der Waals surface area contributed by atoms with Crippen LogP contribution in [0.1, 0.15) is 43.7 Å². The maximum atomic E-state index is 13.0. The zero-order valence-corrected chi connectivity index (χ0v) is 12.0. The van der Waals surface area contributed by atoms with Crippen LogP contribution in [0.15, 0.2) is 18.2 Å². The zero-order chi connectivity index (χ0) is 15.6. The van der Waals surface area contributed by atoms with Gasteiger partial charge in [-0.25, -0.2) is 0 Å². The van der Waals surface area contributed by atoms with Gasteiger partial charge in [0.05, 0.1) is 5.56 Å². The van der Waals surface area contributed by atoms with Gasteiger partial charge in [-0.2, -0.15) is 13.2 Å². The molecule has 1 aliphatic rings. The molecule has 116 valence electrons. The van der Waals surface area contributed by atoms with E-state index < -0.39 is 17.6 Å². The van der Waals surface area contributed by atoms with Crippen LogP contribution in [-0.2, 0) is 6.18 Å². The molecular weight excluding hydrogens is 279 g/mol. The number of benzene rings is 1. The number of nitrogens with one attached hydrogen (secondary N) is 1. The molecule has 2 rings (SSSR count). The minimum atomic E-state index is -4.50. The molecule has 0 aromatic heterocycles. The van der Waals surface area contributed by atoms with Gasteiger partial charge in [0.25, 0.3) is 0 Å². The molecule has 1 fully saturated rings. The van der Waals surface area contributed by atoms with Crippen LogP contribution in [0.25, 0.3) is 0 Å². The van der Waals surface area contributed by atoms with E-state index >= 15 is 0 Å². The van der Waals surface area contributed by atoms with E-state index in [0.29, 0.717) is 5.69 Å². The van der Waals surface area contributed by atoms with Gasteiger partial charge in [0.2, 0.25) is 0 Å². The van der Waals surface area contributed by atoms with E-state index in [1.54, 1.807) is 0 Å². The summed E-state index contributed by atoms with van der Waals surface area (Å²) in [5, 5.41) is 7.42. The molecule has 1 aromatic rings. The number of halogens is 3. The summed E-state index contributed by atoms with van der Waals surface area (Å²) in [4.78, 5) is 2.11. The Hall–Kier alpha value is -1.72. The molecule has 0 amide bonds. The highest BCUT2D eigenvalue weighted by atomic mass is 19.4. The third kappa shape index (κ3) is 3.49. The molecule has 0 bridgehead atoms. The fourth-order valence-corrected chi connectivity index (χ4v) is 2.84. The van der Waals surface area contributed by atoms with Gasteiger partial charge in [-0.15, -0.1) is 0 Å². The molecule has 21 heavy (non-hydrogen) atoms. The van der Waals surface area contributed by atoms with E-state index in [-0.39, 0.29) is 11.6 Å². The first-order chi connectivity index (χ1) is 9.80. The molecule has 1 saturated heterocycles. The number of anilines is 1. The summed E-state index contributed by atoms with van der Waals surface area (Å²) in [6.07, 6.45) is -0.167. The number of alkyl halides is 3. The standard InChI is InChI=1S/C15H20F3N3/c1-10-5-3-2-4-8-21(10)11-6-7-13(15(16,17)18)12(9-11)14(19)20/h6-7,9-10H,2-5,8H2,1H3,(H3,19,20). The van der Waals surface area contributed by atoms with Crippen LogP contribution >= 0.6 is 0 Å². The average molecular weight is 299 g/mol. The number of nitrogens with zero attached hydrogens (tertiary/aromatic N) is 1. The van der Waals surface area contributed by atoms with E-state index in [1.165, 1.54) is 12.1 Å². The summed E-state index contributed by atoms with van der Waals surface area (Å²) in [7, 11) is 0. The van der Waals surface area contributed by atoms with Crippen molar-refractivity contribution >= 4 is 11.5 Å². The Morgan fingerprint density at radius 2 is 2.00 bits per heavy atom. The Labute approximate surface area is 122 Å². The van der Waals surface area contributed by atoms with Crippen LogP contribution < -0.4 is 10.6 Å². The van der Waals surface area contributed by atoms with Crippen LogP contribution in [0.4, 0.5) is 18.9 Å². The summed E-state index contributed by atoms with van der Waals surface area (Å²) >= 11 is 0. The monoisotopic (exact) mass is 299 g/mol. The minimum Gasteiger partial charge on any atom is -0.384 e. The van der Waals surface area contributed by atoms with E-state index in [0.717, 1.165) is 38.3 Å². The van der Waals surface area contributed by atoms with Crippen LogP contribution in [0.2, 0.25) is 0 Å². The van der Waals surface area contributed by atoms with Crippen LogP contribution in [0.5, 0.6) is 0 Å². The lowest BCUT2D eigenvalue weighted by molar-refractivity contribution is -0.137. The van der Waals surface area contributed by atoms with Gasteiger partial charge in [-0.1, -0.05) is 12.8 Å². The van der Waals surface area contributed by atoms with Crippen LogP contribution in [0.3, 0.4) is 0 Å². The van der Waals surface area contributed by atoms with Gasteiger partial charge in [-0.3, -0.25) is 5.41 Å². The molecule has 3 N–H and O–H groups in total. The first-order valence-electron chi connectivity index (χ1n) is 7.13. The summed E-state index contributed by atoms with van der Waals surface area (Å²) in [6, 6.07) is 4.19. The second kappa shape index (κ2) is 5.95. The second-order valence-corrected chi connectivity index (χ2v) is 5.53. The van der Waals surface area contributed by atoms with Gasteiger partial charge in [0.1, 0.15) is 5.84 Å². The Balaban J connectivity index is 2.42. The quantitative estimate of drug-likeness (QED) is 0.645. The van der Waals surface area contributed by atoms with Crippen molar-refractivity contribution in [1.82, 2.24) is 0 Å². The van der Waals surface area contributed by atoms with E-state index in [9.17, 15) is 13.2 Å². The minimum absolute atomic E-state index is 0.239. The molecule has 1 aromatic carbocycles. The van der Waals surface area contributed by atoms with E-state index in [4.69, 9.17) is 11.1 Å². The van der Waals surface area contributed by atoms with Crippen molar-refractivity contribution in [3.63, 3.8) is 0 Å². The highest BCUT2D eigenvalue weighted by molar-refractivity contribution is 5.97. The lowest BCUT2D eigenvalue weighted by Crippen LogP contribution is -2.33. The van der Waals surface area contributed by atoms with Crippen LogP contribution in [0, 0.1) is 5.41 Å². The number of hydrogen-bond acceptors (Lipinski definition) is 2. The van der Waals surface area contributed by atoms with E-state index in [2.05, 4.69) is 11.8 Å². The number of nitrogens with two attached hydrogens (primary N) is 1. The van der Waals surface area contributed by atoms with Crippen molar-refractivity contribution in [3.05, 3.63) is 29.3 Å². The maximum Gasteiger partial charge on any atom is 0.417 e. The van der Waals surface area contributed by atoms with Gasteiger partial charge < -0.3 is 10.6 Å². The Morgan fingerprint density at radius 3 is 2.62 bits per heavy atom. The topological polar surface area (TPSA) is 53.1 Å². The van der Waals surface area contributed by atoms with Crippen molar-refractivity contribution in [1.29, 1.82) is 5.41 Å². The zero-order valence-electron chi connectivity index (χ0n) is 12.0. The predicted octanol–water partition coefficient (Wildman–Crippen LogP) is 3.76. The molecular formula is C15H20F3N3. The maximum absolute atomic E-state index is 13.0. The molecule has 0 aliphatic carbocycles. The third-order valence-electron chi connectivity index (χ3n) is 3.98. The lowest BCUT2D eigenvalue weighted by atomic mass is 10.0. The van der Waals surface area contributed by atoms with Gasteiger partial charge in [-0.05, 0) is 38.0 Å². The Kier molecular flexibility index (Phi) is 4.44. The summed E-state index contributed by atoms with van der Waals surface area (Å²) in [5.41, 5.74) is 4.97. The SMILES string of the molecule is CC1CCCCCN1c1ccc(C(F)(F)F)c(C(=N)N)c1. The summed E-state index contributed by atoms with van der Waals surface area (Å²) in [5.74, 6) is -0.549. The van der Waals surface area contributed by atoms with Crippen molar-refractivity contribution in [2.45, 2.75) is 44.8 Å². The lowest BCUT2D eigenvalue weighted by Gasteiger charge is -2.30. The number of hydrogen-bond donors (Lipinski definition) is 2. The van der Waals surface area contributed by atoms with Crippen molar-refractivity contribution in [3.8, 4) is 0 Å². The number of nitrogen functional groups attached to an aromatic ring is 1. The van der Waals surface area contributed by atoms with Crippen molar-refractivity contribution in [2.24, 2.45) is 5.73 Å². The predicted molar refractivity (Wildman–Crippen MR) is 77.7 cm³/mol. The normalized spacial score (nSPS) is 20.2. The largest absolute Gasteiger partial charge is 0.417 e. The molecule has 3 nitrogen and oxygen atoms in total. The highest BCUT2D eigenvalue weighted by Gasteiger charge is 2.34.